The van der Waals surface area contributed by atoms with Gasteiger partial charge < -0.3 is 15.0 Å². The molecule has 0 aromatic carbocycles. The summed E-state index contributed by atoms with van der Waals surface area (Å²) in [6, 6.07) is 6.00. The van der Waals surface area contributed by atoms with Crippen LogP contribution in [0.25, 0.3) is 0 Å². The first kappa shape index (κ1) is 14.7. The number of aryl methyl sites for hydroxylation is 2. The first-order valence-corrected chi connectivity index (χ1v) is 7.49. The molecule has 1 aliphatic heterocycles. The number of nitrogens with zero attached hydrogens (tertiary/aromatic N) is 4. The number of aromatic nitrogens is 3. The molecule has 3 rings (SSSR count). The molecule has 1 aliphatic rings. The Hall–Kier alpha value is -2.21. The van der Waals surface area contributed by atoms with Crippen LogP contribution in [-0.4, -0.2) is 41.7 Å². The van der Waals surface area contributed by atoms with E-state index in [9.17, 15) is 0 Å². The van der Waals surface area contributed by atoms with Crippen molar-refractivity contribution < 1.29 is 4.74 Å². The van der Waals surface area contributed by atoms with E-state index in [0.717, 1.165) is 36.2 Å². The molecule has 6 nitrogen and oxygen atoms in total. The molecule has 116 valence electrons. The van der Waals surface area contributed by atoms with Gasteiger partial charge in [-0.3, -0.25) is 0 Å². The van der Waals surface area contributed by atoms with Crippen LogP contribution in [0.4, 0.5) is 11.6 Å². The maximum Gasteiger partial charge on any atom is 0.131 e. The lowest BCUT2D eigenvalue weighted by molar-refractivity contribution is 0.0366. The Balaban J connectivity index is 1.84. The average molecular weight is 299 g/mol. The van der Waals surface area contributed by atoms with Gasteiger partial charge in [0, 0.05) is 25.9 Å². The summed E-state index contributed by atoms with van der Waals surface area (Å²) in [4.78, 5) is 15.6. The van der Waals surface area contributed by atoms with Crippen LogP contribution in [0.1, 0.15) is 23.2 Å². The third kappa shape index (κ3) is 3.01. The smallest absolute Gasteiger partial charge is 0.131 e. The molecule has 0 radical (unpaired) electrons. The van der Waals surface area contributed by atoms with E-state index in [0.29, 0.717) is 6.61 Å². The highest BCUT2D eigenvalue weighted by Crippen LogP contribution is 2.26. The second-order valence-electron chi connectivity index (χ2n) is 5.42. The predicted molar refractivity (Wildman–Crippen MR) is 86.2 cm³/mol. The van der Waals surface area contributed by atoms with Gasteiger partial charge >= 0.3 is 0 Å². The van der Waals surface area contributed by atoms with E-state index in [1.807, 2.05) is 32.3 Å². The van der Waals surface area contributed by atoms with Gasteiger partial charge in [-0.2, -0.15) is 0 Å². The van der Waals surface area contributed by atoms with Gasteiger partial charge in [-0.15, -0.1) is 0 Å². The van der Waals surface area contributed by atoms with Gasteiger partial charge in [0.05, 0.1) is 18.8 Å². The third-order valence-corrected chi connectivity index (χ3v) is 3.79. The topological polar surface area (TPSA) is 63.2 Å². The number of morpholine rings is 1. The average Bonchev–Trinajstić information content (AvgIpc) is 2.55. The minimum absolute atomic E-state index is 0.0658. The maximum absolute atomic E-state index is 5.92. The summed E-state index contributed by atoms with van der Waals surface area (Å²) in [5, 5.41) is 3.07. The fourth-order valence-corrected chi connectivity index (χ4v) is 2.71. The van der Waals surface area contributed by atoms with Crippen LogP contribution in [0.5, 0.6) is 0 Å². The van der Waals surface area contributed by atoms with Crippen molar-refractivity contribution in [2.45, 2.75) is 20.0 Å². The molecule has 0 saturated carbocycles. The van der Waals surface area contributed by atoms with Crippen molar-refractivity contribution >= 4 is 11.6 Å². The van der Waals surface area contributed by atoms with Gasteiger partial charge in [-0.1, -0.05) is 6.07 Å². The van der Waals surface area contributed by atoms with Gasteiger partial charge in [-0.25, -0.2) is 15.0 Å². The van der Waals surface area contributed by atoms with Crippen molar-refractivity contribution in [1.82, 2.24) is 15.0 Å². The Morgan fingerprint density at radius 2 is 2.18 bits per heavy atom. The number of hydrogen-bond donors (Lipinski definition) is 1. The molecule has 1 N–H and O–H groups in total. The molecule has 0 spiro atoms. The largest absolute Gasteiger partial charge is 0.373 e. The summed E-state index contributed by atoms with van der Waals surface area (Å²) < 4.78 is 5.92. The predicted octanol–water partition coefficient (Wildman–Crippen LogP) is 2.11. The normalized spacial score (nSPS) is 18.3. The number of rotatable bonds is 3. The highest BCUT2D eigenvalue weighted by molar-refractivity contribution is 5.46. The maximum atomic E-state index is 5.92. The molecule has 6 heteroatoms. The van der Waals surface area contributed by atoms with Crippen LogP contribution < -0.4 is 10.2 Å². The molecule has 0 amide bonds. The van der Waals surface area contributed by atoms with Gasteiger partial charge in [0.1, 0.15) is 23.6 Å². The molecule has 1 unspecified atom stereocenters. The molecule has 0 bridgehead atoms. The number of pyridine rings is 1. The summed E-state index contributed by atoms with van der Waals surface area (Å²) >= 11 is 0. The zero-order valence-corrected chi connectivity index (χ0v) is 13.2. The van der Waals surface area contributed by atoms with E-state index in [1.165, 1.54) is 5.56 Å². The minimum atomic E-state index is -0.0658. The Labute approximate surface area is 130 Å². The summed E-state index contributed by atoms with van der Waals surface area (Å²) in [5.74, 6) is 2.59. The SMILES string of the molecule is CNc1cc(C2CN(c3ncccc3C)CCO2)nc(C)n1. The summed E-state index contributed by atoms with van der Waals surface area (Å²) in [7, 11) is 1.86. The Kier molecular flexibility index (Phi) is 4.20. The van der Waals surface area contributed by atoms with Gasteiger partial charge in [0.15, 0.2) is 0 Å². The van der Waals surface area contributed by atoms with E-state index in [1.54, 1.807) is 0 Å². The Bertz CT molecular complexity index is 661. The lowest BCUT2D eigenvalue weighted by Crippen LogP contribution is -2.39. The highest BCUT2D eigenvalue weighted by Gasteiger charge is 2.25. The first-order valence-electron chi connectivity index (χ1n) is 7.49. The zero-order valence-electron chi connectivity index (χ0n) is 13.2. The molecule has 1 fully saturated rings. The van der Waals surface area contributed by atoms with E-state index >= 15 is 0 Å². The molecule has 2 aromatic heterocycles. The van der Waals surface area contributed by atoms with Crippen LogP contribution in [0, 0.1) is 13.8 Å². The molecule has 0 aliphatic carbocycles. The molecule has 1 atom stereocenters. The monoisotopic (exact) mass is 299 g/mol. The van der Waals surface area contributed by atoms with Gasteiger partial charge in [0.25, 0.3) is 0 Å². The first-order chi connectivity index (χ1) is 10.7. The lowest BCUT2D eigenvalue weighted by Gasteiger charge is -2.34. The number of anilines is 2. The fourth-order valence-electron chi connectivity index (χ4n) is 2.71. The van der Waals surface area contributed by atoms with Crippen molar-refractivity contribution in [3.63, 3.8) is 0 Å². The van der Waals surface area contributed by atoms with E-state index in [4.69, 9.17) is 4.74 Å². The second-order valence-corrected chi connectivity index (χ2v) is 5.42. The Morgan fingerprint density at radius 1 is 1.32 bits per heavy atom. The molecule has 22 heavy (non-hydrogen) atoms. The second kappa shape index (κ2) is 6.27. The number of ether oxygens (including phenoxy) is 1. The van der Waals surface area contributed by atoms with Crippen LogP contribution in [0.15, 0.2) is 24.4 Å². The van der Waals surface area contributed by atoms with Crippen molar-refractivity contribution in [1.29, 1.82) is 0 Å². The standard InChI is InChI=1S/C16H21N5O/c1-11-5-4-6-18-16(11)21-7-8-22-14(10-21)13-9-15(17-3)20-12(2)19-13/h4-6,9,14H,7-8,10H2,1-3H3,(H,17,19,20). The minimum Gasteiger partial charge on any atom is -0.373 e. The van der Waals surface area contributed by atoms with E-state index in [-0.39, 0.29) is 6.10 Å². The molecular formula is C16H21N5O. The number of hydrogen-bond acceptors (Lipinski definition) is 6. The number of nitrogens with one attached hydrogen (secondary N) is 1. The third-order valence-electron chi connectivity index (χ3n) is 3.79. The van der Waals surface area contributed by atoms with Crippen molar-refractivity contribution in [2.75, 3.05) is 37.0 Å². The van der Waals surface area contributed by atoms with Crippen LogP contribution in [-0.2, 0) is 4.74 Å². The highest BCUT2D eigenvalue weighted by atomic mass is 16.5. The molecular weight excluding hydrogens is 278 g/mol. The lowest BCUT2D eigenvalue weighted by atomic mass is 10.1. The van der Waals surface area contributed by atoms with E-state index in [2.05, 4.69) is 38.2 Å². The van der Waals surface area contributed by atoms with Crippen LogP contribution >= 0.6 is 0 Å². The van der Waals surface area contributed by atoms with Crippen molar-refractivity contribution in [2.24, 2.45) is 0 Å². The van der Waals surface area contributed by atoms with Crippen LogP contribution in [0.3, 0.4) is 0 Å². The van der Waals surface area contributed by atoms with Crippen molar-refractivity contribution in [3.8, 4) is 0 Å². The Morgan fingerprint density at radius 3 is 2.95 bits per heavy atom. The summed E-state index contributed by atoms with van der Waals surface area (Å²) in [6.07, 6.45) is 1.77. The van der Waals surface area contributed by atoms with Crippen molar-refractivity contribution in [3.05, 3.63) is 41.5 Å². The van der Waals surface area contributed by atoms with E-state index < -0.39 is 0 Å². The van der Waals surface area contributed by atoms with Crippen LogP contribution in [0.2, 0.25) is 0 Å². The summed E-state index contributed by atoms with van der Waals surface area (Å²) in [6.45, 7) is 6.24. The molecule has 1 saturated heterocycles. The summed E-state index contributed by atoms with van der Waals surface area (Å²) in [5.41, 5.74) is 2.09. The van der Waals surface area contributed by atoms with Gasteiger partial charge in [-0.05, 0) is 25.5 Å². The quantitative estimate of drug-likeness (QED) is 0.936. The van der Waals surface area contributed by atoms with Gasteiger partial charge in [0.2, 0.25) is 0 Å². The zero-order chi connectivity index (χ0) is 15.5. The molecule has 2 aromatic rings. The molecule has 3 heterocycles. The fraction of sp³-hybridized carbons (Fsp3) is 0.438.